The van der Waals surface area contributed by atoms with Gasteiger partial charge in [0.25, 0.3) is 0 Å². The Morgan fingerprint density at radius 3 is 2.92 bits per heavy atom. The lowest BCUT2D eigenvalue weighted by Crippen LogP contribution is -2.49. The molecule has 2 aliphatic heterocycles. The van der Waals surface area contributed by atoms with E-state index in [4.69, 9.17) is 4.74 Å². The molecule has 0 bridgehead atoms. The summed E-state index contributed by atoms with van der Waals surface area (Å²) in [4.78, 5) is 33.3. The Morgan fingerprint density at radius 1 is 1.40 bits per heavy atom. The maximum Gasteiger partial charge on any atom is 0.407 e. The van der Waals surface area contributed by atoms with Crippen LogP contribution in [0.4, 0.5) is 4.79 Å². The number of ether oxygens (including phenoxy) is 1. The van der Waals surface area contributed by atoms with E-state index in [1.54, 1.807) is 0 Å². The van der Waals surface area contributed by atoms with Crippen molar-refractivity contribution in [1.29, 1.82) is 0 Å². The number of benzene rings is 1. The van der Waals surface area contributed by atoms with Crippen molar-refractivity contribution in [2.24, 2.45) is 0 Å². The second kappa shape index (κ2) is 6.25. The van der Waals surface area contributed by atoms with Crippen LogP contribution >= 0.6 is 11.8 Å². The zero-order valence-corrected chi connectivity index (χ0v) is 14.8. The first-order chi connectivity index (χ1) is 12.0. The number of aromatic nitrogens is 2. The van der Waals surface area contributed by atoms with Crippen molar-refractivity contribution in [3.05, 3.63) is 23.8 Å². The number of carbonyl (C=O) groups excluding carboxylic acids is 2. The van der Waals surface area contributed by atoms with Crippen molar-refractivity contribution in [2.45, 2.75) is 30.5 Å². The molecule has 1 spiro atoms. The summed E-state index contributed by atoms with van der Waals surface area (Å²) in [6.07, 6.45) is 1.02. The fraction of sp³-hybridized carbons (Fsp3) is 0.471. The highest BCUT2D eigenvalue weighted by atomic mass is 32.2. The van der Waals surface area contributed by atoms with E-state index in [9.17, 15) is 9.59 Å². The lowest BCUT2D eigenvalue weighted by molar-refractivity contribution is -0.131. The molecule has 0 unspecified atom stereocenters. The molecule has 25 heavy (non-hydrogen) atoms. The summed E-state index contributed by atoms with van der Waals surface area (Å²) in [7, 11) is 0. The zero-order valence-electron chi connectivity index (χ0n) is 14.0. The number of aryl methyl sites for hydroxylation is 1. The van der Waals surface area contributed by atoms with Gasteiger partial charge in [0.2, 0.25) is 5.91 Å². The number of fused-ring (bicyclic) bond motifs is 1. The first-order valence-electron chi connectivity index (χ1n) is 8.37. The van der Waals surface area contributed by atoms with Gasteiger partial charge in [0, 0.05) is 25.9 Å². The molecule has 2 aromatic rings. The molecule has 0 aliphatic carbocycles. The summed E-state index contributed by atoms with van der Waals surface area (Å²) in [6, 6.07) is 6.06. The Kier molecular flexibility index (Phi) is 4.07. The summed E-state index contributed by atoms with van der Waals surface area (Å²) in [5, 5.41) is 3.47. The molecular weight excluding hydrogens is 340 g/mol. The van der Waals surface area contributed by atoms with E-state index in [1.165, 1.54) is 17.3 Å². The molecule has 4 rings (SSSR count). The minimum absolute atomic E-state index is 0.0915. The SMILES string of the molecule is Cc1ccc2nc(SCC(=O)N3CCC4(CC3)CNC(=O)O4)[nH]c2c1. The third-order valence-corrected chi connectivity index (χ3v) is 5.70. The van der Waals surface area contributed by atoms with Gasteiger partial charge in [-0.25, -0.2) is 9.78 Å². The first kappa shape index (κ1) is 16.3. The molecule has 2 amide bonds. The van der Waals surface area contributed by atoms with E-state index < -0.39 is 5.60 Å². The number of amides is 2. The Hall–Kier alpha value is -2.22. The predicted molar refractivity (Wildman–Crippen MR) is 94.6 cm³/mol. The number of piperidine rings is 1. The number of carbonyl (C=O) groups is 2. The lowest BCUT2D eigenvalue weighted by atomic mass is 9.92. The van der Waals surface area contributed by atoms with Crippen LogP contribution in [0.2, 0.25) is 0 Å². The number of thioether (sulfide) groups is 1. The Bertz CT molecular complexity index is 826. The molecule has 1 aromatic carbocycles. The van der Waals surface area contributed by atoms with Crippen LogP contribution in [0.1, 0.15) is 18.4 Å². The second-order valence-electron chi connectivity index (χ2n) is 6.66. The quantitative estimate of drug-likeness (QED) is 0.818. The van der Waals surface area contributed by atoms with Crippen molar-refractivity contribution >= 4 is 34.8 Å². The molecular formula is C17H20N4O3S. The fourth-order valence-electron chi connectivity index (χ4n) is 3.33. The van der Waals surface area contributed by atoms with Crippen LogP contribution in [0.5, 0.6) is 0 Å². The van der Waals surface area contributed by atoms with Gasteiger partial charge in [0.15, 0.2) is 5.16 Å². The van der Waals surface area contributed by atoms with Crippen molar-refractivity contribution in [1.82, 2.24) is 20.2 Å². The van der Waals surface area contributed by atoms with Crippen molar-refractivity contribution in [2.75, 3.05) is 25.4 Å². The van der Waals surface area contributed by atoms with Gasteiger partial charge in [0.05, 0.1) is 23.3 Å². The van der Waals surface area contributed by atoms with E-state index in [-0.39, 0.29) is 12.0 Å². The van der Waals surface area contributed by atoms with Crippen molar-refractivity contribution in [3.63, 3.8) is 0 Å². The van der Waals surface area contributed by atoms with Gasteiger partial charge in [-0.3, -0.25) is 4.79 Å². The van der Waals surface area contributed by atoms with Crippen LogP contribution in [0.3, 0.4) is 0 Å². The van der Waals surface area contributed by atoms with Crippen molar-refractivity contribution < 1.29 is 14.3 Å². The number of hydrogen-bond donors (Lipinski definition) is 2. The summed E-state index contributed by atoms with van der Waals surface area (Å²) < 4.78 is 5.38. The van der Waals surface area contributed by atoms with E-state index in [2.05, 4.69) is 21.4 Å². The predicted octanol–water partition coefficient (Wildman–Crippen LogP) is 2.06. The van der Waals surface area contributed by atoms with Gasteiger partial charge in [-0.2, -0.15) is 0 Å². The van der Waals surface area contributed by atoms with Gasteiger partial charge in [-0.1, -0.05) is 17.8 Å². The third-order valence-electron chi connectivity index (χ3n) is 4.84. The molecule has 0 saturated carbocycles. The Balaban J connectivity index is 1.32. The van der Waals surface area contributed by atoms with Gasteiger partial charge < -0.3 is 19.9 Å². The highest BCUT2D eigenvalue weighted by Crippen LogP contribution is 2.29. The third kappa shape index (κ3) is 3.30. The number of hydrogen-bond acceptors (Lipinski definition) is 5. The Morgan fingerprint density at radius 2 is 2.20 bits per heavy atom. The van der Waals surface area contributed by atoms with Gasteiger partial charge in [0.1, 0.15) is 5.60 Å². The normalized spacial score (nSPS) is 19.2. The van der Waals surface area contributed by atoms with Crippen LogP contribution in [0.25, 0.3) is 11.0 Å². The van der Waals surface area contributed by atoms with Crippen LogP contribution in [0, 0.1) is 6.92 Å². The van der Waals surface area contributed by atoms with Crippen LogP contribution in [0.15, 0.2) is 23.4 Å². The molecule has 0 atom stereocenters. The molecule has 2 fully saturated rings. The number of nitrogens with zero attached hydrogens (tertiary/aromatic N) is 2. The van der Waals surface area contributed by atoms with E-state index in [0.29, 0.717) is 38.2 Å². The molecule has 8 heteroatoms. The molecule has 1 aromatic heterocycles. The molecule has 7 nitrogen and oxygen atoms in total. The van der Waals surface area contributed by atoms with E-state index >= 15 is 0 Å². The molecule has 3 heterocycles. The van der Waals surface area contributed by atoms with Crippen LogP contribution in [-0.4, -0.2) is 57.9 Å². The summed E-state index contributed by atoms with van der Waals surface area (Å²) >= 11 is 1.42. The lowest BCUT2D eigenvalue weighted by Gasteiger charge is -2.37. The Labute approximate surface area is 149 Å². The van der Waals surface area contributed by atoms with Gasteiger partial charge in [-0.05, 0) is 24.6 Å². The number of H-pyrrole nitrogens is 1. The van der Waals surface area contributed by atoms with Crippen LogP contribution in [-0.2, 0) is 9.53 Å². The zero-order chi connectivity index (χ0) is 17.4. The average molecular weight is 360 g/mol. The second-order valence-corrected chi connectivity index (χ2v) is 7.62. The first-order valence-corrected chi connectivity index (χ1v) is 9.35. The number of alkyl carbamates (subject to hydrolysis) is 1. The minimum Gasteiger partial charge on any atom is -0.441 e. The number of likely N-dealkylation sites (tertiary alicyclic amines) is 1. The minimum atomic E-state index is -0.419. The standard InChI is InChI=1S/C17H20N4O3S/c1-11-2-3-12-13(8-11)20-15(19-12)25-9-14(22)21-6-4-17(5-7-21)10-18-16(23)24-17/h2-3,8H,4-7,9-10H2,1H3,(H,18,23)(H,19,20). The molecule has 2 saturated heterocycles. The summed E-state index contributed by atoms with van der Waals surface area (Å²) in [6.45, 7) is 3.82. The number of aromatic amines is 1. The maximum atomic E-state index is 12.4. The average Bonchev–Trinajstić information content (AvgIpc) is 3.16. The van der Waals surface area contributed by atoms with Gasteiger partial charge in [-0.15, -0.1) is 0 Å². The molecule has 132 valence electrons. The summed E-state index contributed by atoms with van der Waals surface area (Å²) in [5.41, 5.74) is 2.66. The monoisotopic (exact) mass is 360 g/mol. The number of nitrogens with one attached hydrogen (secondary N) is 2. The van der Waals surface area contributed by atoms with E-state index in [0.717, 1.165) is 16.2 Å². The topological polar surface area (TPSA) is 87.3 Å². The molecule has 2 N–H and O–H groups in total. The highest BCUT2D eigenvalue weighted by molar-refractivity contribution is 7.99. The number of rotatable bonds is 3. The smallest absolute Gasteiger partial charge is 0.407 e. The fourth-order valence-corrected chi connectivity index (χ4v) is 4.12. The van der Waals surface area contributed by atoms with Crippen LogP contribution < -0.4 is 5.32 Å². The van der Waals surface area contributed by atoms with E-state index in [1.807, 2.05) is 24.0 Å². The summed E-state index contributed by atoms with van der Waals surface area (Å²) in [5.74, 6) is 0.442. The van der Waals surface area contributed by atoms with Crippen molar-refractivity contribution in [3.8, 4) is 0 Å². The molecule has 0 radical (unpaired) electrons. The largest absolute Gasteiger partial charge is 0.441 e. The molecule has 2 aliphatic rings. The number of imidazole rings is 1. The van der Waals surface area contributed by atoms with Gasteiger partial charge >= 0.3 is 6.09 Å². The maximum absolute atomic E-state index is 12.4. The highest BCUT2D eigenvalue weighted by Gasteiger charge is 2.43.